The molecule has 178 valence electrons. The number of aliphatic imine (C=N–C) groups is 1. The molecule has 0 bridgehead atoms. The topological polar surface area (TPSA) is 98.0 Å². The Morgan fingerprint density at radius 2 is 2.03 bits per heavy atom. The van der Waals surface area contributed by atoms with Crippen molar-refractivity contribution in [2.45, 2.75) is 12.8 Å². The molecule has 0 aliphatic heterocycles. The van der Waals surface area contributed by atoms with E-state index in [1.54, 1.807) is 31.0 Å². The molecule has 0 radical (unpaired) electrons. The molecule has 4 aromatic rings. The van der Waals surface area contributed by atoms with Gasteiger partial charge in [-0.3, -0.25) is 24.3 Å². The maximum atomic E-state index is 13.0. The minimum absolute atomic E-state index is 0.303. The van der Waals surface area contributed by atoms with E-state index in [0.717, 1.165) is 28.1 Å². The number of allylic oxidation sites excluding steroid dienone is 3. The summed E-state index contributed by atoms with van der Waals surface area (Å²) in [7, 11) is 1.81. The largest absolute Gasteiger partial charge is 0.321 e. The molecule has 1 aliphatic rings. The number of amides is 1. The first-order valence-electron chi connectivity index (χ1n) is 11.6. The van der Waals surface area contributed by atoms with Gasteiger partial charge in [0.1, 0.15) is 12.0 Å². The van der Waals surface area contributed by atoms with Gasteiger partial charge in [-0.05, 0) is 66.5 Å². The molecule has 1 amide bonds. The van der Waals surface area contributed by atoms with Crippen molar-refractivity contribution < 1.29 is 4.79 Å². The van der Waals surface area contributed by atoms with Crippen LogP contribution in [0.25, 0.3) is 22.6 Å². The standard InChI is InChI=1S/C28H25N7O/c1-19(8-11-25(29-2)20-9-10-20)21-12-14-31-26(16-21)28(36)33-23-6-3-5-22(15-23)27-34-32-18-35(27)24-7-4-13-30-17-24/h3-8,11-18,20H,1,9-10H2,2H3,(H,33,36). The van der Waals surface area contributed by atoms with Gasteiger partial charge in [-0.1, -0.05) is 24.8 Å². The third-order valence-corrected chi connectivity index (χ3v) is 5.92. The van der Waals surface area contributed by atoms with E-state index in [-0.39, 0.29) is 5.91 Å². The Kier molecular flexibility index (Phi) is 6.57. The predicted molar refractivity (Wildman–Crippen MR) is 141 cm³/mol. The van der Waals surface area contributed by atoms with Crippen molar-refractivity contribution in [1.82, 2.24) is 24.7 Å². The molecule has 0 atom stereocenters. The summed E-state index contributed by atoms with van der Waals surface area (Å²) in [5.41, 5.74) is 5.29. The smallest absolute Gasteiger partial charge is 0.274 e. The molecule has 8 nitrogen and oxygen atoms in total. The Bertz CT molecular complexity index is 1470. The normalized spacial score (nSPS) is 13.6. The van der Waals surface area contributed by atoms with Gasteiger partial charge < -0.3 is 5.32 Å². The third kappa shape index (κ3) is 5.17. The SMILES string of the molecule is C=C(C=CC(=NC)C1CC1)c1ccnc(C(=O)Nc2cccc(-c3nncn3-c3cccnc3)c2)c1. The van der Waals surface area contributed by atoms with E-state index in [0.29, 0.717) is 23.1 Å². The maximum Gasteiger partial charge on any atom is 0.274 e. The highest BCUT2D eigenvalue weighted by Gasteiger charge is 2.25. The number of carbonyl (C=O) groups excluding carboxylic acids is 1. The van der Waals surface area contributed by atoms with Crippen molar-refractivity contribution in [3.8, 4) is 17.1 Å². The Hall–Kier alpha value is -4.72. The zero-order valence-electron chi connectivity index (χ0n) is 19.9. The summed E-state index contributed by atoms with van der Waals surface area (Å²) in [6.07, 6.45) is 13.0. The van der Waals surface area contributed by atoms with Gasteiger partial charge in [-0.15, -0.1) is 10.2 Å². The van der Waals surface area contributed by atoms with Crippen molar-refractivity contribution in [2.75, 3.05) is 12.4 Å². The van der Waals surface area contributed by atoms with Crippen molar-refractivity contribution in [2.24, 2.45) is 10.9 Å². The van der Waals surface area contributed by atoms with E-state index in [2.05, 4.69) is 37.1 Å². The molecule has 1 saturated carbocycles. The number of pyridine rings is 2. The first-order valence-corrected chi connectivity index (χ1v) is 11.6. The molecule has 3 heterocycles. The van der Waals surface area contributed by atoms with Gasteiger partial charge >= 0.3 is 0 Å². The van der Waals surface area contributed by atoms with Gasteiger partial charge in [-0.2, -0.15) is 0 Å². The van der Waals surface area contributed by atoms with Crippen LogP contribution in [-0.2, 0) is 0 Å². The van der Waals surface area contributed by atoms with Crippen molar-refractivity contribution in [3.05, 3.63) is 103 Å². The number of anilines is 1. The fourth-order valence-corrected chi connectivity index (χ4v) is 3.86. The molecule has 1 fully saturated rings. The minimum atomic E-state index is -0.312. The first kappa shape index (κ1) is 23.0. The molecule has 36 heavy (non-hydrogen) atoms. The lowest BCUT2D eigenvalue weighted by atomic mass is 10.1. The summed E-state index contributed by atoms with van der Waals surface area (Å²) in [5, 5.41) is 11.2. The van der Waals surface area contributed by atoms with Gasteiger partial charge in [0.15, 0.2) is 5.82 Å². The number of hydrogen-bond donors (Lipinski definition) is 1. The maximum absolute atomic E-state index is 13.0. The Morgan fingerprint density at radius 1 is 1.14 bits per heavy atom. The van der Waals surface area contributed by atoms with Crippen LogP contribution in [0.3, 0.4) is 0 Å². The first-order chi connectivity index (χ1) is 17.6. The molecular weight excluding hydrogens is 450 g/mol. The van der Waals surface area contributed by atoms with E-state index >= 15 is 0 Å². The van der Waals surface area contributed by atoms with Crippen LogP contribution in [0.5, 0.6) is 0 Å². The monoisotopic (exact) mass is 475 g/mol. The van der Waals surface area contributed by atoms with Crippen LogP contribution in [0.1, 0.15) is 28.9 Å². The highest BCUT2D eigenvalue weighted by molar-refractivity contribution is 6.04. The number of aromatic nitrogens is 5. The van der Waals surface area contributed by atoms with E-state index in [1.165, 1.54) is 12.8 Å². The van der Waals surface area contributed by atoms with Gasteiger partial charge in [0.25, 0.3) is 5.91 Å². The fourth-order valence-electron chi connectivity index (χ4n) is 3.86. The van der Waals surface area contributed by atoms with Crippen molar-refractivity contribution >= 4 is 22.9 Å². The van der Waals surface area contributed by atoms with Crippen molar-refractivity contribution in [1.29, 1.82) is 0 Å². The summed E-state index contributed by atoms with van der Waals surface area (Å²) in [6.45, 7) is 4.15. The molecule has 3 aromatic heterocycles. The number of hydrogen-bond acceptors (Lipinski definition) is 6. The molecular formula is C28H25N7O. The highest BCUT2D eigenvalue weighted by atomic mass is 16.1. The minimum Gasteiger partial charge on any atom is -0.321 e. The molecule has 1 N–H and O–H groups in total. The van der Waals surface area contributed by atoms with Crippen LogP contribution in [0.4, 0.5) is 5.69 Å². The lowest BCUT2D eigenvalue weighted by Gasteiger charge is -2.09. The van der Waals surface area contributed by atoms with Crippen molar-refractivity contribution in [3.63, 3.8) is 0 Å². The Labute approximate surface area is 209 Å². The molecule has 0 unspecified atom stereocenters. The second kappa shape index (κ2) is 10.3. The average molecular weight is 476 g/mol. The number of rotatable bonds is 8. The molecule has 0 saturated heterocycles. The van der Waals surface area contributed by atoms with E-state index in [9.17, 15) is 4.79 Å². The van der Waals surface area contributed by atoms with E-state index < -0.39 is 0 Å². The second-order valence-electron chi connectivity index (χ2n) is 8.48. The van der Waals surface area contributed by atoms with Crippen LogP contribution >= 0.6 is 0 Å². The highest BCUT2D eigenvalue weighted by Crippen LogP contribution is 2.31. The zero-order chi connectivity index (χ0) is 24.9. The van der Waals surface area contributed by atoms with E-state index in [4.69, 9.17) is 0 Å². The third-order valence-electron chi connectivity index (χ3n) is 5.92. The summed E-state index contributed by atoms with van der Waals surface area (Å²) >= 11 is 0. The van der Waals surface area contributed by atoms with Gasteiger partial charge in [-0.25, -0.2) is 0 Å². The molecule has 1 aliphatic carbocycles. The summed E-state index contributed by atoms with van der Waals surface area (Å²) < 4.78 is 1.84. The van der Waals surface area contributed by atoms with Crippen LogP contribution in [0.2, 0.25) is 0 Å². The van der Waals surface area contributed by atoms with Gasteiger partial charge in [0.05, 0.1) is 11.9 Å². The predicted octanol–water partition coefficient (Wildman–Crippen LogP) is 5.03. The number of nitrogens with zero attached hydrogens (tertiary/aromatic N) is 6. The van der Waals surface area contributed by atoms with Crippen LogP contribution in [0, 0.1) is 5.92 Å². The lowest BCUT2D eigenvalue weighted by molar-refractivity contribution is 0.102. The Balaban J connectivity index is 1.32. The van der Waals surface area contributed by atoms with Gasteiger partial charge in [0, 0.05) is 42.3 Å². The summed E-state index contributed by atoms with van der Waals surface area (Å²) in [5.74, 6) is 0.892. The number of nitrogens with one attached hydrogen (secondary N) is 1. The second-order valence-corrected chi connectivity index (χ2v) is 8.48. The van der Waals surface area contributed by atoms with Crippen LogP contribution in [0.15, 0.2) is 97.2 Å². The average Bonchev–Trinajstić information content (AvgIpc) is 3.64. The number of benzene rings is 1. The number of carbonyl (C=O) groups is 1. The zero-order valence-corrected chi connectivity index (χ0v) is 19.9. The lowest BCUT2D eigenvalue weighted by Crippen LogP contribution is -2.14. The van der Waals surface area contributed by atoms with Crippen LogP contribution < -0.4 is 5.32 Å². The summed E-state index contributed by atoms with van der Waals surface area (Å²) in [4.78, 5) is 25.8. The molecule has 1 aromatic carbocycles. The molecule has 8 heteroatoms. The molecule has 0 spiro atoms. The van der Waals surface area contributed by atoms with Crippen LogP contribution in [-0.4, -0.2) is 43.4 Å². The van der Waals surface area contributed by atoms with E-state index in [1.807, 2.05) is 66.2 Å². The fraction of sp³-hybridized carbons (Fsp3) is 0.143. The molecule has 5 rings (SSSR count). The quantitative estimate of drug-likeness (QED) is 0.285. The Morgan fingerprint density at radius 3 is 2.81 bits per heavy atom. The van der Waals surface area contributed by atoms with Gasteiger partial charge in [0.2, 0.25) is 0 Å². The summed E-state index contributed by atoms with van der Waals surface area (Å²) in [6, 6.07) is 14.8.